The molecule has 1 heterocycles. The van der Waals surface area contributed by atoms with Crippen LogP contribution in [0.25, 0.3) is 6.08 Å². The molecule has 0 radical (unpaired) electrons. The lowest BCUT2D eigenvalue weighted by Crippen LogP contribution is -2.27. The van der Waals surface area contributed by atoms with Gasteiger partial charge in [0.05, 0.1) is 5.69 Å². The Morgan fingerprint density at radius 2 is 2.11 bits per heavy atom. The van der Waals surface area contributed by atoms with Crippen LogP contribution < -0.4 is 5.32 Å². The highest BCUT2D eigenvalue weighted by Crippen LogP contribution is 2.24. The van der Waals surface area contributed by atoms with Gasteiger partial charge in [-0.15, -0.1) is 0 Å². The van der Waals surface area contributed by atoms with Crippen LogP contribution in [-0.2, 0) is 11.2 Å². The normalized spacial score (nSPS) is 13.9. The molecule has 18 heavy (non-hydrogen) atoms. The minimum absolute atomic E-state index is 0.478. The fourth-order valence-electron chi connectivity index (χ4n) is 1.84. The Balaban J connectivity index is 2.07. The number of carbonyl (C=O) groups excluding carboxylic acids is 1. The number of hydrogen-bond acceptors (Lipinski definition) is 3. The van der Waals surface area contributed by atoms with Crippen LogP contribution in [0.4, 0.5) is 10.6 Å². The zero-order valence-corrected chi connectivity index (χ0v) is 11.2. The van der Waals surface area contributed by atoms with Crippen LogP contribution in [-0.4, -0.2) is 16.7 Å². The molecule has 1 aromatic rings. The van der Waals surface area contributed by atoms with Crippen molar-refractivity contribution in [2.24, 2.45) is 0 Å². The van der Waals surface area contributed by atoms with Crippen molar-refractivity contribution in [3.8, 4) is 0 Å². The molecule has 0 atom stereocenters. The first kappa shape index (κ1) is 12.6. The number of nitrogens with one attached hydrogen (secondary N) is 1. The van der Waals surface area contributed by atoms with Crippen molar-refractivity contribution < 1.29 is 9.53 Å². The summed E-state index contributed by atoms with van der Waals surface area (Å²) in [5.74, 6) is 0.522. The van der Waals surface area contributed by atoms with Gasteiger partial charge in [-0.1, -0.05) is 11.6 Å². The molecule has 1 aliphatic carbocycles. The number of amides is 1. The maximum Gasteiger partial charge on any atom is 0.413 e. The molecule has 1 N–H and O–H groups in total. The van der Waals surface area contributed by atoms with E-state index < -0.39 is 11.7 Å². The molecule has 0 saturated carbocycles. The van der Waals surface area contributed by atoms with Gasteiger partial charge in [-0.25, -0.2) is 9.78 Å². The maximum absolute atomic E-state index is 11.6. The number of ether oxygens (including phenoxy) is 1. The van der Waals surface area contributed by atoms with Crippen molar-refractivity contribution in [1.29, 1.82) is 0 Å². The summed E-state index contributed by atoms with van der Waals surface area (Å²) in [7, 11) is 0. The third-order valence-electron chi connectivity index (χ3n) is 2.49. The summed E-state index contributed by atoms with van der Waals surface area (Å²) in [5, 5.41) is 2.64. The lowest BCUT2D eigenvalue weighted by molar-refractivity contribution is 0.0635. The van der Waals surface area contributed by atoms with Gasteiger partial charge in [0.25, 0.3) is 0 Å². The monoisotopic (exact) mass is 246 g/mol. The smallest absolute Gasteiger partial charge is 0.413 e. The second-order valence-corrected chi connectivity index (χ2v) is 5.54. The molecule has 0 fully saturated rings. The molecule has 0 aromatic carbocycles. The van der Waals surface area contributed by atoms with Gasteiger partial charge in [0.1, 0.15) is 11.4 Å². The summed E-state index contributed by atoms with van der Waals surface area (Å²) < 4.78 is 5.18. The van der Waals surface area contributed by atoms with E-state index in [0.717, 1.165) is 12.1 Å². The number of anilines is 1. The number of nitrogens with zero attached hydrogens (tertiary/aromatic N) is 1. The van der Waals surface area contributed by atoms with Crippen molar-refractivity contribution in [3.63, 3.8) is 0 Å². The van der Waals surface area contributed by atoms with Gasteiger partial charge in [0.15, 0.2) is 0 Å². The van der Waals surface area contributed by atoms with E-state index in [0.29, 0.717) is 5.82 Å². The topological polar surface area (TPSA) is 51.2 Å². The van der Waals surface area contributed by atoms with E-state index in [2.05, 4.69) is 17.2 Å². The molecular weight excluding hydrogens is 228 g/mol. The van der Waals surface area contributed by atoms with Gasteiger partial charge in [-0.2, -0.15) is 0 Å². The lowest BCUT2D eigenvalue weighted by Gasteiger charge is -2.19. The summed E-state index contributed by atoms with van der Waals surface area (Å²) in [5.41, 5.74) is 2.91. The standard InChI is InChI=1S/C14H18N2O2/c1-9-7-10-5-6-12(15-11(10)8-9)16-13(17)18-14(2,3)4/h5-6,8H,7H2,1-4H3,(H,15,16,17). The van der Waals surface area contributed by atoms with Crippen molar-refractivity contribution in [3.05, 3.63) is 29.0 Å². The molecule has 96 valence electrons. The minimum atomic E-state index is -0.503. The first-order valence-corrected chi connectivity index (χ1v) is 6.00. The zero-order valence-electron chi connectivity index (χ0n) is 11.2. The van der Waals surface area contributed by atoms with Crippen molar-refractivity contribution >= 4 is 18.0 Å². The largest absolute Gasteiger partial charge is 0.444 e. The Kier molecular flexibility index (Phi) is 3.11. The Labute approximate surface area is 107 Å². The van der Waals surface area contributed by atoms with Gasteiger partial charge in [-0.05, 0) is 51.8 Å². The third kappa shape index (κ3) is 3.09. The van der Waals surface area contributed by atoms with Gasteiger partial charge >= 0.3 is 6.09 Å². The first-order chi connectivity index (χ1) is 8.33. The second-order valence-electron chi connectivity index (χ2n) is 5.54. The summed E-state index contributed by atoms with van der Waals surface area (Å²) in [6.07, 6.45) is 2.50. The SMILES string of the molecule is CC1=Cc2nc(NC(=O)OC(C)(C)C)ccc2C1. The highest BCUT2D eigenvalue weighted by molar-refractivity contribution is 5.84. The Hall–Kier alpha value is -1.84. The number of carbonyl (C=O) groups is 1. The number of hydrogen-bond donors (Lipinski definition) is 1. The van der Waals surface area contributed by atoms with Crippen molar-refractivity contribution in [1.82, 2.24) is 4.98 Å². The number of fused-ring (bicyclic) bond motifs is 1. The van der Waals surface area contributed by atoms with Crippen LogP contribution in [0.2, 0.25) is 0 Å². The molecule has 2 rings (SSSR count). The zero-order chi connectivity index (χ0) is 13.3. The molecule has 0 aliphatic heterocycles. The van der Waals surface area contributed by atoms with E-state index in [9.17, 15) is 4.79 Å². The second kappa shape index (κ2) is 4.44. The molecular formula is C14H18N2O2. The molecule has 1 aliphatic rings. The number of rotatable bonds is 1. The van der Waals surface area contributed by atoms with E-state index in [-0.39, 0.29) is 0 Å². The van der Waals surface area contributed by atoms with E-state index >= 15 is 0 Å². The molecule has 4 nitrogen and oxygen atoms in total. The fourth-order valence-corrected chi connectivity index (χ4v) is 1.84. The predicted octanol–water partition coefficient (Wildman–Crippen LogP) is 3.39. The Morgan fingerprint density at radius 3 is 2.78 bits per heavy atom. The number of allylic oxidation sites excluding steroid dienone is 1. The van der Waals surface area contributed by atoms with Crippen LogP contribution >= 0.6 is 0 Å². The van der Waals surface area contributed by atoms with Gasteiger partial charge in [0, 0.05) is 0 Å². The van der Waals surface area contributed by atoms with Gasteiger partial charge in [-0.3, -0.25) is 5.32 Å². The number of aromatic nitrogens is 1. The molecule has 1 amide bonds. The van der Waals surface area contributed by atoms with E-state index in [4.69, 9.17) is 4.74 Å². The quantitative estimate of drug-likeness (QED) is 0.826. The molecule has 0 unspecified atom stereocenters. The average molecular weight is 246 g/mol. The third-order valence-corrected chi connectivity index (χ3v) is 2.49. The summed E-state index contributed by atoms with van der Waals surface area (Å²) in [6, 6.07) is 3.79. The summed E-state index contributed by atoms with van der Waals surface area (Å²) in [4.78, 5) is 16.0. The highest BCUT2D eigenvalue weighted by atomic mass is 16.6. The molecule has 0 saturated heterocycles. The van der Waals surface area contributed by atoms with Gasteiger partial charge in [0.2, 0.25) is 0 Å². The lowest BCUT2D eigenvalue weighted by atomic mass is 10.2. The summed E-state index contributed by atoms with van der Waals surface area (Å²) in [6.45, 7) is 7.56. The molecule has 0 bridgehead atoms. The molecule has 0 spiro atoms. The van der Waals surface area contributed by atoms with Crippen LogP contribution in [0.1, 0.15) is 39.0 Å². The van der Waals surface area contributed by atoms with Crippen LogP contribution in [0.5, 0.6) is 0 Å². The maximum atomic E-state index is 11.6. The van der Waals surface area contributed by atoms with E-state index in [1.165, 1.54) is 11.1 Å². The van der Waals surface area contributed by atoms with Crippen LogP contribution in [0.15, 0.2) is 17.7 Å². The molecule has 4 heteroatoms. The van der Waals surface area contributed by atoms with Crippen LogP contribution in [0.3, 0.4) is 0 Å². The first-order valence-electron chi connectivity index (χ1n) is 6.00. The fraction of sp³-hybridized carbons (Fsp3) is 0.429. The van der Waals surface area contributed by atoms with E-state index in [1.807, 2.05) is 32.9 Å². The highest BCUT2D eigenvalue weighted by Gasteiger charge is 2.17. The molecule has 1 aromatic heterocycles. The summed E-state index contributed by atoms with van der Waals surface area (Å²) >= 11 is 0. The average Bonchev–Trinajstić information content (AvgIpc) is 2.53. The predicted molar refractivity (Wildman–Crippen MR) is 71.4 cm³/mol. The van der Waals surface area contributed by atoms with E-state index in [1.54, 1.807) is 6.07 Å². The number of pyridine rings is 1. The van der Waals surface area contributed by atoms with Crippen molar-refractivity contribution in [2.45, 2.75) is 39.7 Å². The Morgan fingerprint density at radius 1 is 1.39 bits per heavy atom. The van der Waals surface area contributed by atoms with Crippen LogP contribution in [0, 0.1) is 0 Å². The Bertz CT molecular complexity index is 513. The van der Waals surface area contributed by atoms with Gasteiger partial charge < -0.3 is 4.74 Å². The minimum Gasteiger partial charge on any atom is -0.444 e. The van der Waals surface area contributed by atoms with Crippen molar-refractivity contribution in [2.75, 3.05) is 5.32 Å².